The van der Waals surface area contributed by atoms with Gasteiger partial charge in [0, 0.05) is 43.7 Å². The van der Waals surface area contributed by atoms with Crippen LogP contribution in [0.2, 0.25) is 0 Å². The van der Waals surface area contributed by atoms with E-state index in [0.29, 0.717) is 33.0 Å². The summed E-state index contributed by atoms with van der Waals surface area (Å²) < 4.78 is 5.71. The third-order valence-electron chi connectivity index (χ3n) is 3.36. The molecule has 10 heteroatoms. The van der Waals surface area contributed by atoms with E-state index < -0.39 is 0 Å². The van der Waals surface area contributed by atoms with E-state index in [1.54, 1.807) is 26.2 Å². The Balaban J connectivity index is 2.12. The Morgan fingerprint density at radius 2 is 1.52 bits per heavy atom. The molecule has 0 saturated heterocycles. The van der Waals surface area contributed by atoms with Gasteiger partial charge in [0.15, 0.2) is 17.0 Å². The minimum absolute atomic E-state index is 0.00732. The molecule has 0 radical (unpaired) electrons. The normalized spacial score (nSPS) is 9.85. The number of rotatable bonds is 6. The first-order valence-corrected chi connectivity index (χ1v) is 8.74. The summed E-state index contributed by atoms with van der Waals surface area (Å²) in [5.41, 5.74) is 1.76. The largest absolute Gasteiger partial charge is 0.508 e. The molecular formula is C17H21N5O3S2. The zero-order valence-electron chi connectivity index (χ0n) is 14.8. The summed E-state index contributed by atoms with van der Waals surface area (Å²) in [4.78, 5) is 0. The molecule has 0 aliphatic heterocycles. The highest BCUT2D eigenvalue weighted by atomic mass is 32.1. The highest BCUT2D eigenvalue weighted by Gasteiger charge is 2.06. The van der Waals surface area contributed by atoms with Crippen LogP contribution >= 0.6 is 24.4 Å². The van der Waals surface area contributed by atoms with Crippen LogP contribution in [0.15, 0.2) is 36.4 Å². The molecule has 2 aromatic carbocycles. The molecule has 7 N–H and O–H groups in total. The number of thiocarbonyl (C=S) groups is 2. The van der Waals surface area contributed by atoms with Crippen LogP contribution in [0.1, 0.15) is 0 Å². The molecule has 144 valence electrons. The summed E-state index contributed by atoms with van der Waals surface area (Å²) in [5, 5.41) is 34.8. The van der Waals surface area contributed by atoms with Crippen LogP contribution in [-0.4, -0.2) is 41.3 Å². The molecule has 0 amide bonds. The van der Waals surface area contributed by atoms with Crippen LogP contribution in [0.25, 0.3) is 0 Å². The number of phenols is 2. The summed E-state index contributed by atoms with van der Waals surface area (Å²) in [5.74, 6) is 0.578. The second kappa shape index (κ2) is 9.64. The van der Waals surface area contributed by atoms with E-state index in [0.717, 1.165) is 0 Å². The summed E-state index contributed by atoms with van der Waals surface area (Å²) in [6.45, 7) is 0.0624. The molecule has 0 saturated carbocycles. The van der Waals surface area contributed by atoms with Crippen molar-refractivity contribution in [3.05, 3.63) is 36.4 Å². The van der Waals surface area contributed by atoms with E-state index in [9.17, 15) is 10.2 Å². The molecule has 0 aliphatic carbocycles. The summed E-state index contributed by atoms with van der Waals surface area (Å²) >= 11 is 10.3. The van der Waals surface area contributed by atoms with E-state index in [2.05, 4.69) is 26.6 Å². The van der Waals surface area contributed by atoms with Crippen LogP contribution < -0.4 is 31.3 Å². The fourth-order valence-electron chi connectivity index (χ4n) is 2.08. The molecule has 0 heterocycles. The van der Waals surface area contributed by atoms with Crippen molar-refractivity contribution in [2.45, 2.75) is 0 Å². The molecule has 0 fully saturated rings. The van der Waals surface area contributed by atoms with Crippen molar-refractivity contribution in [3.63, 3.8) is 0 Å². The van der Waals surface area contributed by atoms with Gasteiger partial charge < -0.3 is 41.5 Å². The number of nitrogens with one attached hydrogen (secondary N) is 5. The van der Waals surface area contributed by atoms with Crippen molar-refractivity contribution in [2.75, 3.05) is 36.8 Å². The first-order chi connectivity index (χ1) is 12.9. The molecule has 2 aromatic rings. The summed E-state index contributed by atoms with van der Waals surface area (Å²) in [6.07, 6.45) is 0. The van der Waals surface area contributed by atoms with Crippen molar-refractivity contribution in [1.82, 2.24) is 10.6 Å². The van der Waals surface area contributed by atoms with Gasteiger partial charge in [-0.05, 0) is 42.6 Å². The van der Waals surface area contributed by atoms with Gasteiger partial charge in [-0.15, -0.1) is 0 Å². The predicted octanol–water partition coefficient (Wildman–Crippen LogP) is 2.38. The Labute approximate surface area is 167 Å². The monoisotopic (exact) mass is 407 g/mol. The number of hydrogen-bond donors (Lipinski definition) is 7. The van der Waals surface area contributed by atoms with Gasteiger partial charge >= 0.3 is 0 Å². The maximum atomic E-state index is 9.78. The van der Waals surface area contributed by atoms with Crippen LogP contribution in [0.3, 0.4) is 0 Å². The van der Waals surface area contributed by atoms with Gasteiger partial charge in [0.05, 0.1) is 5.69 Å². The lowest BCUT2D eigenvalue weighted by Crippen LogP contribution is -2.25. The molecule has 0 unspecified atom stereocenters. The maximum absolute atomic E-state index is 9.78. The molecule has 0 spiro atoms. The van der Waals surface area contributed by atoms with Crippen molar-refractivity contribution >= 4 is 51.7 Å². The molecule has 27 heavy (non-hydrogen) atoms. The van der Waals surface area contributed by atoms with Gasteiger partial charge in [0.25, 0.3) is 0 Å². The van der Waals surface area contributed by atoms with Crippen molar-refractivity contribution in [1.29, 1.82) is 0 Å². The van der Waals surface area contributed by atoms with E-state index in [-0.39, 0.29) is 18.2 Å². The average Bonchev–Trinajstić information content (AvgIpc) is 2.64. The highest BCUT2D eigenvalue weighted by Crippen LogP contribution is 2.28. The first kappa shape index (κ1) is 20.3. The Hall–Kier alpha value is -2.98. The minimum atomic E-state index is 0.00732. The molecule has 0 atom stereocenters. The Morgan fingerprint density at radius 3 is 2.07 bits per heavy atom. The fraction of sp³-hybridized carbons (Fsp3) is 0.176. The van der Waals surface area contributed by atoms with E-state index >= 15 is 0 Å². The van der Waals surface area contributed by atoms with Crippen LogP contribution in [0.5, 0.6) is 17.2 Å². The lowest BCUT2D eigenvalue weighted by Gasteiger charge is -2.15. The third-order valence-corrected chi connectivity index (χ3v) is 3.97. The number of aromatic hydroxyl groups is 2. The number of benzene rings is 2. The zero-order valence-corrected chi connectivity index (χ0v) is 16.4. The van der Waals surface area contributed by atoms with Crippen molar-refractivity contribution in [3.8, 4) is 17.2 Å². The number of hydrogen-bond acceptors (Lipinski definition) is 6. The standard InChI is InChI=1S/C17H21N5O3S2/c1-18-16(26)21-10-5-11(22-17(27)19-2)7-13(6-10)25-9-20-14-8-12(23)3-4-15(14)24/h3-8,20,23-24H,9H2,1-2H3,(H2,18,21,26)(H2,19,22,27). The van der Waals surface area contributed by atoms with Gasteiger partial charge in [0.1, 0.15) is 17.2 Å². The summed E-state index contributed by atoms with van der Waals surface area (Å²) in [7, 11) is 3.44. The maximum Gasteiger partial charge on any atom is 0.170 e. The topological polar surface area (TPSA) is 110 Å². The SMILES string of the molecule is CNC(=S)Nc1cc(NC(=S)NC)cc(OCNc2cc(O)ccc2O)c1. The average molecular weight is 408 g/mol. The Morgan fingerprint density at radius 1 is 0.926 bits per heavy atom. The van der Waals surface area contributed by atoms with Crippen LogP contribution in [0.4, 0.5) is 17.1 Å². The molecule has 2 rings (SSSR count). The molecule has 0 aliphatic rings. The molecule has 0 aromatic heterocycles. The smallest absolute Gasteiger partial charge is 0.170 e. The van der Waals surface area contributed by atoms with Crippen molar-refractivity contribution in [2.24, 2.45) is 0 Å². The van der Waals surface area contributed by atoms with Gasteiger partial charge in [-0.1, -0.05) is 0 Å². The molecule has 0 bridgehead atoms. The quantitative estimate of drug-likeness (QED) is 0.167. The Kier molecular flexibility index (Phi) is 7.26. The first-order valence-electron chi connectivity index (χ1n) is 7.92. The number of ether oxygens (including phenoxy) is 1. The lowest BCUT2D eigenvalue weighted by atomic mass is 10.2. The Bertz CT molecular complexity index is 796. The van der Waals surface area contributed by atoms with Gasteiger partial charge in [-0.25, -0.2) is 0 Å². The zero-order chi connectivity index (χ0) is 19.8. The van der Waals surface area contributed by atoms with Crippen LogP contribution in [0, 0.1) is 0 Å². The minimum Gasteiger partial charge on any atom is -0.508 e. The highest BCUT2D eigenvalue weighted by molar-refractivity contribution is 7.80. The second-order valence-corrected chi connectivity index (χ2v) is 6.14. The van der Waals surface area contributed by atoms with Gasteiger partial charge in [-0.3, -0.25) is 0 Å². The number of phenolic OH excluding ortho intramolecular Hbond substituents is 2. The molecule has 8 nitrogen and oxygen atoms in total. The summed E-state index contributed by atoms with van der Waals surface area (Å²) in [6, 6.07) is 9.54. The van der Waals surface area contributed by atoms with Gasteiger partial charge in [0.2, 0.25) is 0 Å². The van der Waals surface area contributed by atoms with Gasteiger partial charge in [-0.2, -0.15) is 0 Å². The fourth-order valence-corrected chi connectivity index (χ4v) is 2.31. The third kappa shape index (κ3) is 6.35. The predicted molar refractivity (Wildman–Crippen MR) is 116 cm³/mol. The number of anilines is 3. The second-order valence-electron chi connectivity index (χ2n) is 5.32. The van der Waals surface area contributed by atoms with Crippen molar-refractivity contribution < 1.29 is 14.9 Å². The lowest BCUT2D eigenvalue weighted by molar-refractivity contribution is 0.346. The molecular weight excluding hydrogens is 386 g/mol. The van der Waals surface area contributed by atoms with Crippen LogP contribution in [-0.2, 0) is 0 Å². The van der Waals surface area contributed by atoms with E-state index in [1.807, 2.05) is 6.07 Å². The van der Waals surface area contributed by atoms with E-state index in [1.165, 1.54) is 18.2 Å². The van der Waals surface area contributed by atoms with E-state index in [4.69, 9.17) is 29.2 Å².